The van der Waals surface area contributed by atoms with E-state index in [0.717, 1.165) is 5.69 Å². The van der Waals surface area contributed by atoms with Crippen molar-refractivity contribution in [2.24, 2.45) is 0 Å². The first-order valence-electron chi connectivity index (χ1n) is 4.24. The van der Waals surface area contributed by atoms with E-state index in [2.05, 4.69) is 4.98 Å². The van der Waals surface area contributed by atoms with Crippen molar-refractivity contribution in [3.63, 3.8) is 0 Å². The molecule has 0 aromatic carbocycles. The van der Waals surface area contributed by atoms with E-state index in [1.165, 1.54) is 0 Å². The molecule has 0 atom stereocenters. The zero-order chi connectivity index (χ0) is 10.4. The average Bonchev–Trinajstić information content (AvgIpc) is 2.19. The van der Waals surface area contributed by atoms with Gasteiger partial charge in [0.05, 0.1) is 19.0 Å². The fourth-order valence-corrected chi connectivity index (χ4v) is 1.10. The standard InChI is InChI=1S/C10H11N3O/c1-13(8-10(14)2-5-11)9-3-6-12-7-4-9/h3-4,6-7H,2,8H2,1H3. The number of ketones is 1. The molecule has 0 N–H and O–H groups in total. The van der Waals surface area contributed by atoms with E-state index >= 15 is 0 Å². The number of carbonyl (C=O) groups is 1. The van der Waals surface area contributed by atoms with Crippen molar-refractivity contribution in [1.29, 1.82) is 5.26 Å². The van der Waals surface area contributed by atoms with Crippen LogP contribution < -0.4 is 4.90 Å². The summed E-state index contributed by atoms with van der Waals surface area (Å²) in [6.07, 6.45) is 3.30. The van der Waals surface area contributed by atoms with Crippen LogP contribution in [0.5, 0.6) is 0 Å². The zero-order valence-electron chi connectivity index (χ0n) is 7.97. The first-order chi connectivity index (χ1) is 6.74. The minimum Gasteiger partial charge on any atom is -0.367 e. The van der Waals surface area contributed by atoms with Gasteiger partial charge in [-0.1, -0.05) is 0 Å². The maximum absolute atomic E-state index is 11.1. The van der Waals surface area contributed by atoms with E-state index in [4.69, 9.17) is 5.26 Å². The van der Waals surface area contributed by atoms with Crippen LogP contribution in [0.4, 0.5) is 5.69 Å². The second-order valence-corrected chi connectivity index (χ2v) is 2.94. The maximum atomic E-state index is 11.1. The van der Waals surface area contributed by atoms with Crippen LogP contribution in [-0.4, -0.2) is 24.4 Å². The number of rotatable bonds is 4. The topological polar surface area (TPSA) is 57.0 Å². The van der Waals surface area contributed by atoms with Gasteiger partial charge in [0.2, 0.25) is 0 Å². The molecule has 0 bridgehead atoms. The molecule has 72 valence electrons. The first kappa shape index (κ1) is 10.2. The Morgan fingerprint density at radius 2 is 2.21 bits per heavy atom. The Bertz CT molecular complexity index is 342. The number of anilines is 1. The first-order valence-corrected chi connectivity index (χ1v) is 4.24. The molecule has 0 amide bonds. The largest absolute Gasteiger partial charge is 0.367 e. The minimum absolute atomic E-state index is 0.0323. The van der Waals surface area contributed by atoms with Crippen molar-refractivity contribution in [3.05, 3.63) is 24.5 Å². The molecule has 0 aliphatic carbocycles. The fourth-order valence-electron chi connectivity index (χ4n) is 1.10. The lowest BCUT2D eigenvalue weighted by Crippen LogP contribution is -2.25. The van der Waals surface area contributed by atoms with Crippen molar-refractivity contribution in [1.82, 2.24) is 4.98 Å². The molecule has 0 radical (unpaired) electrons. The Labute approximate surface area is 82.8 Å². The summed E-state index contributed by atoms with van der Waals surface area (Å²) in [5, 5.41) is 8.32. The number of nitrogens with zero attached hydrogens (tertiary/aromatic N) is 3. The molecule has 1 aromatic rings. The minimum atomic E-state index is -0.0770. The van der Waals surface area contributed by atoms with Gasteiger partial charge >= 0.3 is 0 Å². The molecule has 0 unspecified atom stereocenters. The summed E-state index contributed by atoms with van der Waals surface area (Å²) in [4.78, 5) is 16.8. The third-order valence-electron chi connectivity index (χ3n) is 1.79. The summed E-state index contributed by atoms with van der Waals surface area (Å²) in [7, 11) is 1.81. The molecule has 0 spiro atoms. The smallest absolute Gasteiger partial charge is 0.166 e. The maximum Gasteiger partial charge on any atom is 0.166 e. The van der Waals surface area contributed by atoms with Gasteiger partial charge in [-0.25, -0.2) is 0 Å². The molecule has 4 nitrogen and oxygen atoms in total. The predicted octanol–water partition coefficient (Wildman–Crippen LogP) is 1.00. The Balaban J connectivity index is 2.56. The average molecular weight is 189 g/mol. The van der Waals surface area contributed by atoms with E-state index < -0.39 is 0 Å². The van der Waals surface area contributed by atoms with E-state index in [9.17, 15) is 4.79 Å². The molecular formula is C10H11N3O. The summed E-state index contributed by atoms with van der Waals surface area (Å²) in [6, 6.07) is 5.47. The Morgan fingerprint density at radius 1 is 1.57 bits per heavy atom. The highest BCUT2D eigenvalue weighted by Gasteiger charge is 2.06. The molecule has 0 aliphatic heterocycles. The Hall–Kier alpha value is -1.89. The van der Waals surface area contributed by atoms with Gasteiger partial charge in [0.1, 0.15) is 0 Å². The zero-order valence-corrected chi connectivity index (χ0v) is 7.97. The molecule has 1 heterocycles. The van der Waals surface area contributed by atoms with Gasteiger partial charge in [0.25, 0.3) is 0 Å². The molecular weight excluding hydrogens is 178 g/mol. The van der Waals surface area contributed by atoms with Gasteiger partial charge in [0, 0.05) is 25.1 Å². The van der Waals surface area contributed by atoms with Gasteiger partial charge in [-0.05, 0) is 12.1 Å². The number of pyridine rings is 1. The van der Waals surface area contributed by atoms with Crippen LogP contribution in [0, 0.1) is 11.3 Å². The molecule has 4 heteroatoms. The number of nitriles is 1. The van der Waals surface area contributed by atoms with Crippen LogP contribution in [0.25, 0.3) is 0 Å². The van der Waals surface area contributed by atoms with Gasteiger partial charge in [-0.3, -0.25) is 9.78 Å². The van der Waals surface area contributed by atoms with Gasteiger partial charge < -0.3 is 4.90 Å². The number of hydrogen-bond donors (Lipinski definition) is 0. The lowest BCUT2D eigenvalue weighted by Gasteiger charge is -2.16. The van der Waals surface area contributed by atoms with Crippen LogP contribution in [0.3, 0.4) is 0 Å². The van der Waals surface area contributed by atoms with E-state index in [1.54, 1.807) is 17.3 Å². The van der Waals surface area contributed by atoms with E-state index in [-0.39, 0.29) is 18.7 Å². The summed E-state index contributed by atoms with van der Waals surface area (Å²) >= 11 is 0. The summed E-state index contributed by atoms with van der Waals surface area (Å²) in [5.41, 5.74) is 0.922. The summed E-state index contributed by atoms with van der Waals surface area (Å²) < 4.78 is 0. The molecule has 1 aromatic heterocycles. The van der Waals surface area contributed by atoms with Crippen molar-refractivity contribution >= 4 is 11.5 Å². The SMILES string of the molecule is CN(CC(=O)CC#N)c1ccncc1. The lowest BCUT2D eigenvalue weighted by atomic mass is 10.2. The molecule has 0 fully saturated rings. The van der Waals surface area contributed by atoms with Crippen molar-refractivity contribution in [3.8, 4) is 6.07 Å². The van der Waals surface area contributed by atoms with Crippen LogP contribution in [0.15, 0.2) is 24.5 Å². The predicted molar refractivity (Wildman–Crippen MR) is 52.7 cm³/mol. The lowest BCUT2D eigenvalue weighted by molar-refractivity contribution is -0.116. The normalized spacial score (nSPS) is 9.14. The molecule has 1 rings (SSSR count). The molecule has 14 heavy (non-hydrogen) atoms. The monoisotopic (exact) mass is 189 g/mol. The highest BCUT2D eigenvalue weighted by molar-refractivity contribution is 5.84. The Morgan fingerprint density at radius 3 is 2.79 bits per heavy atom. The molecule has 0 saturated heterocycles. The van der Waals surface area contributed by atoms with E-state index in [1.807, 2.05) is 25.2 Å². The van der Waals surface area contributed by atoms with Crippen LogP contribution in [0.1, 0.15) is 6.42 Å². The highest BCUT2D eigenvalue weighted by Crippen LogP contribution is 2.09. The second-order valence-electron chi connectivity index (χ2n) is 2.94. The summed E-state index contributed by atoms with van der Waals surface area (Å²) in [5.74, 6) is -0.0770. The van der Waals surface area contributed by atoms with Gasteiger partial charge in [0.15, 0.2) is 5.78 Å². The molecule has 0 aliphatic rings. The van der Waals surface area contributed by atoms with Gasteiger partial charge in [-0.15, -0.1) is 0 Å². The van der Waals surface area contributed by atoms with E-state index in [0.29, 0.717) is 0 Å². The molecule has 0 saturated carbocycles. The van der Waals surface area contributed by atoms with Crippen LogP contribution in [-0.2, 0) is 4.79 Å². The van der Waals surface area contributed by atoms with Crippen LogP contribution >= 0.6 is 0 Å². The van der Waals surface area contributed by atoms with Crippen LogP contribution in [0.2, 0.25) is 0 Å². The third-order valence-corrected chi connectivity index (χ3v) is 1.79. The quantitative estimate of drug-likeness (QED) is 0.709. The Kier molecular flexibility index (Phi) is 3.62. The van der Waals surface area contributed by atoms with Gasteiger partial charge in [-0.2, -0.15) is 5.26 Å². The second kappa shape index (κ2) is 4.97. The highest BCUT2D eigenvalue weighted by atomic mass is 16.1. The van der Waals surface area contributed by atoms with Crippen molar-refractivity contribution in [2.45, 2.75) is 6.42 Å². The number of Topliss-reactive ketones (excluding diaryl/α,β-unsaturated/α-hetero) is 1. The number of likely N-dealkylation sites (N-methyl/N-ethyl adjacent to an activating group) is 1. The number of carbonyl (C=O) groups excluding carboxylic acids is 1. The van der Waals surface area contributed by atoms with Crippen molar-refractivity contribution in [2.75, 3.05) is 18.5 Å². The van der Waals surface area contributed by atoms with Crippen molar-refractivity contribution < 1.29 is 4.79 Å². The fraction of sp³-hybridized carbons (Fsp3) is 0.300. The summed E-state index contributed by atoms with van der Waals surface area (Å²) in [6.45, 7) is 0.261. The third kappa shape index (κ3) is 2.87. The number of aromatic nitrogens is 1. The number of hydrogen-bond acceptors (Lipinski definition) is 4.